The van der Waals surface area contributed by atoms with Gasteiger partial charge in [-0.05, 0) is 0 Å². The Hall–Kier alpha value is -2.31. The third kappa shape index (κ3) is 5.86. The number of hydrogen-bond acceptors (Lipinski definition) is 0. The molecule has 0 spiro atoms. The Balaban J connectivity index is 1.76. The molecule has 224 valence electrons. The van der Waals surface area contributed by atoms with Crippen molar-refractivity contribution in [2.24, 2.45) is 0 Å². The molecular weight excluding hydrogens is 655 g/mol. The Labute approximate surface area is 282 Å². The third-order valence-corrected chi connectivity index (χ3v) is 18.1. The summed E-state index contributed by atoms with van der Waals surface area (Å²) >= 11 is 10.1. The molecule has 3 heteroatoms. The van der Waals surface area contributed by atoms with Gasteiger partial charge in [0.2, 0.25) is 0 Å². The molecule has 0 aromatic heterocycles. The van der Waals surface area contributed by atoms with E-state index in [1.54, 1.807) is 3.28 Å². The number of halogens is 2. The van der Waals surface area contributed by atoms with Gasteiger partial charge in [0.05, 0.1) is 0 Å². The van der Waals surface area contributed by atoms with E-state index >= 15 is 0 Å². The zero-order valence-electron chi connectivity index (χ0n) is 27.2. The zero-order chi connectivity index (χ0) is 31.6. The number of fused-ring (bicyclic) bond motifs is 3. The van der Waals surface area contributed by atoms with Gasteiger partial charge in [0.15, 0.2) is 0 Å². The molecule has 0 N–H and O–H groups in total. The molecule has 0 amide bonds. The van der Waals surface area contributed by atoms with E-state index in [1.807, 2.05) is 24.3 Å². The second kappa shape index (κ2) is 11.8. The van der Waals surface area contributed by atoms with Crippen molar-refractivity contribution in [3.63, 3.8) is 0 Å². The molecule has 44 heavy (non-hydrogen) atoms. The number of benzene rings is 4. The fraction of sp³-hybridized carbons (Fsp3) is 0.293. The van der Waals surface area contributed by atoms with Crippen molar-refractivity contribution in [3.05, 3.63) is 149 Å². The Morgan fingerprint density at radius 3 is 1.45 bits per heavy atom. The maximum atomic E-state index is 6.46. The minimum atomic E-state index is -2.80. The fourth-order valence-electron chi connectivity index (χ4n) is 7.35. The van der Waals surface area contributed by atoms with Gasteiger partial charge in [-0.15, -0.1) is 0 Å². The maximum absolute atomic E-state index is 6.46. The van der Waals surface area contributed by atoms with Gasteiger partial charge in [-0.25, -0.2) is 0 Å². The summed E-state index contributed by atoms with van der Waals surface area (Å²) < 4.78 is 3.50. The molecule has 4 aromatic carbocycles. The van der Waals surface area contributed by atoms with Crippen molar-refractivity contribution in [2.75, 3.05) is 0 Å². The van der Waals surface area contributed by atoms with Crippen LogP contribution in [0, 0.1) is 13.8 Å². The molecule has 0 saturated carbocycles. The molecule has 0 aliphatic heterocycles. The second-order valence-corrected chi connectivity index (χ2v) is 21.7. The summed E-state index contributed by atoms with van der Waals surface area (Å²) in [5, 5.41) is 1.53. The van der Waals surface area contributed by atoms with E-state index in [0.717, 1.165) is 16.5 Å². The third-order valence-electron chi connectivity index (χ3n) is 9.26. The van der Waals surface area contributed by atoms with Gasteiger partial charge in [-0.2, -0.15) is 0 Å². The first-order chi connectivity index (χ1) is 20.7. The molecule has 0 atom stereocenters. The van der Waals surface area contributed by atoms with Crippen LogP contribution in [0.2, 0.25) is 10.0 Å². The van der Waals surface area contributed by atoms with Crippen molar-refractivity contribution < 1.29 is 21.3 Å². The van der Waals surface area contributed by atoms with Crippen molar-refractivity contribution in [1.82, 2.24) is 0 Å². The van der Waals surface area contributed by atoms with E-state index in [2.05, 4.69) is 122 Å². The summed E-state index contributed by atoms with van der Waals surface area (Å²) in [7, 11) is 0. The van der Waals surface area contributed by atoms with Crippen LogP contribution < -0.4 is 0 Å². The summed E-state index contributed by atoms with van der Waals surface area (Å²) in [5.74, 6) is 0. The monoisotopic (exact) mass is 694 g/mol. The summed E-state index contributed by atoms with van der Waals surface area (Å²) in [6, 6.07) is 27.3. The number of rotatable bonds is 4. The van der Waals surface area contributed by atoms with Crippen LogP contribution in [-0.4, -0.2) is 3.21 Å². The van der Waals surface area contributed by atoms with Gasteiger partial charge in [0, 0.05) is 0 Å². The molecule has 6 rings (SSSR count). The van der Waals surface area contributed by atoms with Crippen molar-refractivity contribution in [2.45, 2.75) is 76.3 Å². The molecule has 0 nitrogen and oxygen atoms in total. The topological polar surface area (TPSA) is 0 Å². The Morgan fingerprint density at radius 1 is 0.659 bits per heavy atom. The van der Waals surface area contributed by atoms with Gasteiger partial charge < -0.3 is 0 Å². The summed E-state index contributed by atoms with van der Waals surface area (Å²) in [4.78, 5) is 0. The SMILES string of the molecule is Cc1cc2c(cc1C(C)(C)C)-c1cc(C(C)(C)C)c(C)cc1[CH]2[Zr]([C]1=CC=CC1)=[C](c1ccc(Cl)cc1)c1ccc(Cl)cc1. The van der Waals surface area contributed by atoms with Crippen LogP contribution in [-0.2, 0) is 32.1 Å². The van der Waals surface area contributed by atoms with E-state index in [-0.39, 0.29) is 10.8 Å². The Morgan fingerprint density at radius 2 is 1.09 bits per heavy atom. The normalized spacial score (nSPS) is 14.5. The standard InChI is InChI=1S/C23H29.C13H8Cl2.C5H5.Zr/c1-14-9-16-11-17-10-15(2)21(23(6,7)8)13-19(17)18(16)12-20(14)22(3,4)5;14-12-5-1-10(2-6-12)9-11-3-7-13(15)8-4-11;1-2-4-5-3-1;/h9-13H,1-8H3;1-8H;1-3H,4H2;. The predicted molar refractivity (Wildman–Crippen MR) is 189 cm³/mol. The second-order valence-electron chi connectivity index (χ2n) is 14.6. The fourth-order valence-corrected chi connectivity index (χ4v) is 16.6. The Kier molecular flexibility index (Phi) is 8.50. The van der Waals surface area contributed by atoms with Crippen LogP contribution in [0.4, 0.5) is 0 Å². The summed E-state index contributed by atoms with van der Waals surface area (Å²) in [6.45, 7) is 18.7. The summed E-state index contributed by atoms with van der Waals surface area (Å²) in [6.07, 6.45) is 8.08. The molecule has 0 saturated heterocycles. The van der Waals surface area contributed by atoms with Crippen LogP contribution in [0.5, 0.6) is 0 Å². The molecule has 0 fully saturated rings. The van der Waals surface area contributed by atoms with Gasteiger partial charge in [0.1, 0.15) is 0 Å². The van der Waals surface area contributed by atoms with E-state index in [4.69, 9.17) is 23.2 Å². The van der Waals surface area contributed by atoms with E-state index in [0.29, 0.717) is 3.63 Å². The average Bonchev–Trinajstić information content (AvgIpc) is 3.57. The molecule has 2 aliphatic rings. The Bertz CT molecular complexity index is 1740. The van der Waals surface area contributed by atoms with Crippen LogP contribution in [0.15, 0.2) is 94.3 Å². The van der Waals surface area contributed by atoms with Crippen molar-refractivity contribution in [1.29, 1.82) is 0 Å². The first-order valence-corrected chi connectivity index (χ1v) is 20.3. The average molecular weight is 697 g/mol. The first-order valence-electron chi connectivity index (χ1n) is 15.7. The molecular formula is C41H42Cl2Zr. The first kappa shape index (κ1) is 31.7. The number of hydrogen-bond donors (Lipinski definition) is 0. The number of allylic oxidation sites excluding steroid dienone is 4. The molecule has 4 aromatic rings. The van der Waals surface area contributed by atoms with E-state index in [1.165, 1.54) is 58.8 Å². The number of aryl methyl sites for hydroxylation is 2. The van der Waals surface area contributed by atoms with Gasteiger partial charge in [0.25, 0.3) is 0 Å². The molecule has 0 heterocycles. The molecule has 0 bridgehead atoms. The van der Waals surface area contributed by atoms with Crippen LogP contribution in [0.25, 0.3) is 11.1 Å². The van der Waals surface area contributed by atoms with Crippen LogP contribution >= 0.6 is 23.2 Å². The molecule has 2 aliphatic carbocycles. The summed E-state index contributed by atoms with van der Waals surface area (Å²) in [5.41, 5.74) is 14.2. The van der Waals surface area contributed by atoms with Crippen LogP contribution in [0.1, 0.15) is 96.1 Å². The predicted octanol–water partition coefficient (Wildman–Crippen LogP) is 12.0. The van der Waals surface area contributed by atoms with Crippen molar-refractivity contribution >= 4 is 26.4 Å². The van der Waals surface area contributed by atoms with E-state index in [9.17, 15) is 0 Å². The van der Waals surface area contributed by atoms with Crippen LogP contribution in [0.3, 0.4) is 0 Å². The minimum absolute atomic E-state index is 0.0678. The van der Waals surface area contributed by atoms with Crippen molar-refractivity contribution in [3.8, 4) is 11.1 Å². The zero-order valence-corrected chi connectivity index (χ0v) is 31.2. The quantitative estimate of drug-likeness (QED) is 0.199. The molecule has 0 radical (unpaired) electrons. The van der Waals surface area contributed by atoms with E-state index < -0.39 is 21.3 Å². The molecule has 0 unspecified atom stereocenters. The van der Waals surface area contributed by atoms with Gasteiger partial charge in [-0.1, -0.05) is 0 Å². The van der Waals surface area contributed by atoms with Gasteiger partial charge in [-0.3, -0.25) is 0 Å². The van der Waals surface area contributed by atoms with Gasteiger partial charge >= 0.3 is 284 Å².